The highest BCUT2D eigenvalue weighted by Gasteiger charge is 2.21. The number of phenolic OH excluding ortho intramolecular Hbond substituents is 5. The molecular formula is C96H77BrClFN16O9. The Bertz CT molecular complexity index is 5620. The number of nitrogens with two attached hydrogens (primary N) is 4. The third-order valence-electron chi connectivity index (χ3n) is 18.6. The van der Waals surface area contributed by atoms with Gasteiger partial charge < -0.3 is 69.7 Å². The molecule has 124 heavy (non-hydrogen) atoms. The largest absolute Gasteiger partial charge is 0.508 e. The van der Waals surface area contributed by atoms with Crippen molar-refractivity contribution in [2.45, 2.75) is 25.7 Å². The minimum Gasteiger partial charge on any atom is -0.508 e. The number of carbonyl (C=O) groups is 4. The predicted octanol–water partition coefficient (Wildman–Crippen LogP) is 18.4. The van der Waals surface area contributed by atoms with Crippen LogP contribution in [0.1, 0.15) is 22.3 Å². The quantitative estimate of drug-likeness (QED) is 0.0315. The van der Waals surface area contributed by atoms with Crippen LogP contribution in [0, 0.1) is 5.82 Å². The van der Waals surface area contributed by atoms with E-state index in [0.717, 1.165) is 49.0 Å². The lowest BCUT2D eigenvalue weighted by Crippen LogP contribution is -2.16. The molecule has 4 aromatic heterocycles. The average molecular weight is 1730 g/mol. The molecule has 0 aliphatic carbocycles. The first-order valence-electron chi connectivity index (χ1n) is 38.2. The zero-order chi connectivity index (χ0) is 87.2. The average Bonchev–Trinajstić information content (AvgIpc) is 0.817. The van der Waals surface area contributed by atoms with E-state index >= 15 is 0 Å². The van der Waals surface area contributed by atoms with Crippen LogP contribution >= 0.6 is 27.5 Å². The fraction of sp³-hybridized carbons (Fsp3) is 0.0417. The van der Waals surface area contributed by atoms with E-state index in [1.807, 2.05) is 72.8 Å². The second-order valence-electron chi connectivity index (χ2n) is 27.9. The van der Waals surface area contributed by atoms with Gasteiger partial charge in [-0.3, -0.25) is 19.2 Å². The zero-order valence-electron chi connectivity index (χ0n) is 65.7. The monoisotopic (exact) mass is 1730 g/mol. The van der Waals surface area contributed by atoms with Gasteiger partial charge >= 0.3 is 0 Å². The summed E-state index contributed by atoms with van der Waals surface area (Å²) in [6.07, 6.45) is 6.96. The van der Waals surface area contributed by atoms with E-state index < -0.39 is 0 Å². The van der Waals surface area contributed by atoms with Crippen molar-refractivity contribution in [2.24, 2.45) is 0 Å². The summed E-state index contributed by atoms with van der Waals surface area (Å²) in [5.41, 5.74) is 39.5. The van der Waals surface area contributed by atoms with Gasteiger partial charge in [0, 0.05) is 76.8 Å². The number of aromatic nitrogens is 8. The lowest BCUT2D eigenvalue weighted by atomic mass is 10.1. The number of hydrogen-bond donors (Lipinski definition) is 13. The molecule has 0 fully saturated rings. The summed E-state index contributed by atoms with van der Waals surface area (Å²) in [4.78, 5) is 87.1. The Morgan fingerprint density at radius 3 is 0.710 bits per heavy atom. The molecule has 17 N–H and O–H groups in total. The van der Waals surface area contributed by atoms with E-state index in [4.69, 9.17) is 54.5 Å². The molecule has 12 aromatic carbocycles. The Labute approximate surface area is 723 Å². The number of nitrogen functional groups attached to an aromatic ring is 4. The fourth-order valence-electron chi connectivity index (χ4n) is 12.2. The molecule has 25 nitrogen and oxygen atoms in total. The number of benzene rings is 12. The van der Waals surface area contributed by atoms with Crippen LogP contribution in [0.4, 0.5) is 50.4 Å². The van der Waals surface area contributed by atoms with Gasteiger partial charge in [0.05, 0.1) is 73.2 Å². The van der Waals surface area contributed by atoms with E-state index in [-0.39, 0.29) is 89.7 Å². The molecule has 0 unspecified atom stereocenters. The molecule has 4 heterocycles. The summed E-state index contributed by atoms with van der Waals surface area (Å²) in [5.74, 6) is 0.618. The van der Waals surface area contributed by atoms with Gasteiger partial charge in [-0.05, 0) is 216 Å². The number of phenols is 5. The van der Waals surface area contributed by atoms with E-state index in [9.17, 15) is 49.1 Å². The molecule has 0 radical (unpaired) electrons. The van der Waals surface area contributed by atoms with Gasteiger partial charge in [0.15, 0.2) is 23.3 Å². The van der Waals surface area contributed by atoms with Crippen molar-refractivity contribution in [2.75, 3.05) is 44.2 Å². The minimum absolute atomic E-state index is 0.0662. The highest BCUT2D eigenvalue weighted by atomic mass is 79.9. The van der Waals surface area contributed by atoms with Crippen LogP contribution in [0.15, 0.2) is 320 Å². The molecule has 0 atom stereocenters. The molecular weight excluding hydrogens is 1660 g/mol. The summed E-state index contributed by atoms with van der Waals surface area (Å²) in [6.45, 7) is 0. The van der Waals surface area contributed by atoms with Crippen molar-refractivity contribution in [1.29, 1.82) is 0 Å². The summed E-state index contributed by atoms with van der Waals surface area (Å²) in [7, 11) is 0. The predicted molar refractivity (Wildman–Crippen MR) is 485 cm³/mol. The molecule has 16 aromatic rings. The number of nitrogens with one attached hydrogen (secondary N) is 4. The second kappa shape index (κ2) is 40.5. The first kappa shape index (κ1) is 85.6. The first-order valence-corrected chi connectivity index (χ1v) is 39.4. The topological polar surface area (TPSA) is 425 Å². The lowest BCUT2D eigenvalue weighted by molar-refractivity contribution is -0.116. The maximum atomic E-state index is 13.1. The summed E-state index contributed by atoms with van der Waals surface area (Å²) in [5, 5.41) is 59.8. The van der Waals surface area contributed by atoms with Crippen molar-refractivity contribution < 1.29 is 49.1 Å². The van der Waals surface area contributed by atoms with Gasteiger partial charge in [-0.2, -0.15) is 0 Å². The number of nitrogens with zero attached hydrogens (tertiary/aromatic N) is 8. The van der Waals surface area contributed by atoms with Crippen LogP contribution in [-0.4, -0.2) is 89.0 Å². The van der Waals surface area contributed by atoms with Gasteiger partial charge in [0.1, 0.15) is 57.3 Å². The fourth-order valence-corrected chi connectivity index (χ4v) is 12.6. The van der Waals surface area contributed by atoms with Crippen molar-refractivity contribution in [3.05, 3.63) is 354 Å². The Morgan fingerprint density at radius 1 is 0.282 bits per heavy atom. The molecule has 616 valence electrons. The van der Waals surface area contributed by atoms with Crippen molar-refractivity contribution >= 4 is 97.2 Å². The molecule has 4 amide bonds. The summed E-state index contributed by atoms with van der Waals surface area (Å²) in [6, 6.07) is 82.1. The Morgan fingerprint density at radius 2 is 0.476 bits per heavy atom. The van der Waals surface area contributed by atoms with Gasteiger partial charge in [0.25, 0.3) is 0 Å². The lowest BCUT2D eigenvalue weighted by Gasteiger charge is -2.12. The molecule has 0 saturated heterocycles. The maximum absolute atomic E-state index is 13.1. The first-order chi connectivity index (χ1) is 59.9. The molecule has 0 spiro atoms. The SMILES string of the molecule is Nc1ccc(-c2cnc(NC(=O)Cc3ccc(Br)cc3)c(-c3ccc(O)cc3)n2)cc1.Nc1ccc(-c2cnc(NC(=O)Cc3ccc(Cl)cc3)c(-c3ccc(O)cc3)n2)cc1.Nc1ccc(-c2cnc(NC(=O)Cc3ccc(F)cc3)c(-c3ccc(O)cc3)n2)cc1.Nc1ccc(-c2cnc(NC(=O)Cc3ccc(O)cc3)c(-c3ccc(O)cc3)n2)cc1. The van der Waals surface area contributed by atoms with E-state index in [1.165, 1.54) is 36.4 Å². The van der Waals surface area contributed by atoms with Crippen LogP contribution in [0.25, 0.3) is 90.1 Å². The number of aromatic hydroxyl groups is 5. The van der Waals surface area contributed by atoms with Crippen LogP contribution in [-0.2, 0) is 44.9 Å². The van der Waals surface area contributed by atoms with Crippen molar-refractivity contribution in [3.8, 4) is 119 Å². The van der Waals surface area contributed by atoms with Crippen LogP contribution in [0.2, 0.25) is 5.02 Å². The van der Waals surface area contributed by atoms with Crippen molar-refractivity contribution in [1.82, 2.24) is 39.9 Å². The number of amides is 4. The van der Waals surface area contributed by atoms with Gasteiger partial charge in [-0.15, -0.1) is 0 Å². The van der Waals surface area contributed by atoms with Crippen molar-refractivity contribution in [3.63, 3.8) is 0 Å². The summed E-state index contributed by atoms with van der Waals surface area (Å²) < 4.78 is 14.1. The van der Waals surface area contributed by atoms with Crippen LogP contribution < -0.4 is 44.2 Å². The molecule has 28 heteroatoms. The highest BCUT2D eigenvalue weighted by Crippen LogP contribution is 2.36. The van der Waals surface area contributed by atoms with E-state index in [1.54, 1.807) is 207 Å². The molecule has 0 aliphatic rings. The number of halogens is 3. The zero-order valence-corrected chi connectivity index (χ0v) is 68.1. The van der Waals surface area contributed by atoms with Gasteiger partial charge in [0.2, 0.25) is 23.6 Å². The minimum atomic E-state index is -0.358. The third-order valence-corrected chi connectivity index (χ3v) is 19.4. The van der Waals surface area contributed by atoms with Gasteiger partial charge in [-0.25, -0.2) is 44.3 Å². The number of carbonyl (C=O) groups excluding carboxylic acids is 4. The van der Waals surface area contributed by atoms with Gasteiger partial charge in [-0.1, -0.05) is 125 Å². The normalized spacial score (nSPS) is 10.6. The maximum Gasteiger partial charge on any atom is 0.230 e. The van der Waals surface area contributed by atoms with Crippen LogP contribution in [0.3, 0.4) is 0 Å². The Hall–Kier alpha value is -16.3. The number of rotatable bonds is 20. The number of hydrogen-bond acceptors (Lipinski definition) is 21. The third kappa shape index (κ3) is 24.0. The number of anilines is 8. The van der Waals surface area contributed by atoms with E-state index in [0.29, 0.717) is 113 Å². The second-order valence-corrected chi connectivity index (χ2v) is 29.3. The molecule has 0 aliphatic heterocycles. The Balaban J connectivity index is 0.000000142. The Kier molecular flexibility index (Phi) is 27.9. The molecule has 16 rings (SSSR count). The molecule has 0 saturated carbocycles. The highest BCUT2D eigenvalue weighted by molar-refractivity contribution is 9.10. The standard InChI is InChI=1S/C24H19BrN4O2.C24H19ClN4O2.C24H19FN4O2.C24H20N4O3/c3*25-18-7-1-15(2-8-18)13-22(31)29-24-23(17-5-11-20(30)12-6-17)28-21(14-27-24)16-3-9-19(26)10-4-16;25-18-7-3-16(4-8-18)21-14-26-24(23(27-21)17-5-11-20(30)12-6-17)28-22(31)13-15-1-9-19(29)10-2-15/h3*1-12,14,30H,13,26H2,(H,27,29,31);1-12,14,29-30H,13,25H2,(H,26,28,31). The van der Waals surface area contributed by atoms with E-state index in [2.05, 4.69) is 57.1 Å². The molecule has 0 bridgehead atoms. The smallest absolute Gasteiger partial charge is 0.230 e. The summed E-state index contributed by atoms with van der Waals surface area (Å²) >= 11 is 9.30. The van der Waals surface area contributed by atoms with Crippen LogP contribution in [0.5, 0.6) is 28.7 Å².